The van der Waals surface area contributed by atoms with Crippen LogP contribution in [0.4, 0.5) is 0 Å². The van der Waals surface area contributed by atoms with Gasteiger partial charge >= 0.3 is 0 Å². The summed E-state index contributed by atoms with van der Waals surface area (Å²) >= 11 is 0. The first-order chi connectivity index (χ1) is 10.8. The van der Waals surface area contributed by atoms with Crippen molar-refractivity contribution in [3.8, 4) is 0 Å². The van der Waals surface area contributed by atoms with Crippen LogP contribution >= 0.6 is 0 Å². The van der Waals surface area contributed by atoms with Crippen molar-refractivity contribution >= 4 is 5.91 Å². The molecule has 1 amide bonds. The number of amides is 1. The maximum absolute atomic E-state index is 13.2. The summed E-state index contributed by atoms with van der Waals surface area (Å²) in [4.78, 5) is 15.5. The molecule has 4 aliphatic rings. The van der Waals surface area contributed by atoms with E-state index in [2.05, 4.69) is 10.2 Å². The second-order valence-corrected chi connectivity index (χ2v) is 7.93. The summed E-state index contributed by atoms with van der Waals surface area (Å²) in [5.41, 5.74) is 0.357. The van der Waals surface area contributed by atoms with E-state index in [1.807, 2.05) is 0 Å². The van der Waals surface area contributed by atoms with Crippen LogP contribution in [0.1, 0.15) is 57.8 Å². The van der Waals surface area contributed by atoms with Crippen LogP contribution in [-0.4, -0.2) is 49.2 Å². The van der Waals surface area contributed by atoms with E-state index in [0.717, 1.165) is 45.5 Å². The Morgan fingerprint density at radius 2 is 1.91 bits per heavy atom. The van der Waals surface area contributed by atoms with Crippen molar-refractivity contribution in [1.29, 1.82) is 0 Å². The SMILES string of the molecule is O=C(C1CC12CCNCC2)N(CC1CCCO1)C1CCCC1. The third-order valence-electron chi connectivity index (χ3n) is 6.56. The minimum atomic E-state index is 0.298. The van der Waals surface area contributed by atoms with Gasteiger partial charge in [0.05, 0.1) is 6.10 Å². The molecule has 4 nitrogen and oxygen atoms in total. The zero-order valence-corrected chi connectivity index (χ0v) is 13.7. The van der Waals surface area contributed by atoms with Gasteiger partial charge in [-0.25, -0.2) is 0 Å². The molecule has 1 spiro atoms. The Hall–Kier alpha value is -0.610. The summed E-state index contributed by atoms with van der Waals surface area (Å²) in [6, 6.07) is 0.496. The van der Waals surface area contributed by atoms with Crippen molar-refractivity contribution in [2.75, 3.05) is 26.2 Å². The topological polar surface area (TPSA) is 41.6 Å². The summed E-state index contributed by atoms with van der Waals surface area (Å²) in [6.07, 6.45) is 11.1. The van der Waals surface area contributed by atoms with E-state index in [-0.39, 0.29) is 0 Å². The number of hydrogen-bond acceptors (Lipinski definition) is 3. The molecule has 2 saturated heterocycles. The van der Waals surface area contributed by atoms with E-state index in [1.54, 1.807) is 0 Å². The largest absolute Gasteiger partial charge is 0.376 e. The lowest BCUT2D eigenvalue weighted by atomic mass is 9.91. The predicted octanol–water partition coefficient (Wildman–Crippen LogP) is 2.33. The van der Waals surface area contributed by atoms with Gasteiger partial charge in [-0.05, 0) is 63.5 Å². The summed E-state index contributed by atoms with van der Waals surface area (Å²) in [6.45, 7) is 3.93. The number of nitrogens with one attached hydrogen (secondary N) is 1. The van der Waals surface area contributed by atoms with Gasteiger partial charge in [-0.1, -0.05) is 12.8 Å². The van der Waals surface area contributed by atoms with Crippen LogP contribution in [0.15, 0.2) is 0 Å². The number of hydrogen-bond donors (Lipinski definition) is 1. The number of carbonyl (C=O) groups is 1. The Morgan fingerprint density at radius 3 is 2.59 bits per heavy atom. The van der Waals surface area contributed by atoms with E-state index < -0.39 is 0 Å². The monoisotopic (exact) mass is 306 g/mol. The van der Waals surface area contributed by atoms with Gasteiger partial charge in [0.2, 0.25) is 5.91 Å². The molecule has 0 aromatic rings. The van der Waals surface area contributed by atoms with Crippen LogP contribution in [-0.2, 0) is 9.53 Å². The molecule has 2 atom stereocenters. The fourth-order valence-corrected chi connectivity index (χ4v) is 5.02. The first kappa shape index (κ1) is 14.9. The fraction of sp³-hybridized carbons (Fsp3) is 0.944. The highest BCUT2D eigenvalue weighted by Gasteiger charge is 2.59. The molecule has 2 aliphatic carbocycles. The van der Waals surface area contributed by atoms with Crippen molar-refractivity contribution in [2.45, 2.75) is 69.9 Å². The Bertz CT molecular complexity index is 407. The Balaban J connectivity index is 1.43. The molecule has 0 aromatic carbocycles. The molecule has 4 fully saturated rings. The van der Waals surface area contributed by atoms with Crippen molar-refractivity contribution < 1.29 is 9.53 Å². The lowest BCUT2D eigenvalue weighted by Crippen LogP contribution is -2.45. The molecule has 2 heterocycles. The van der Waals surface area contributed by atoms with Gasteiger partial charge in [-0.2, -0.15) is 0 Å². The van der Waals surface area contributed by atoms with E-state index in [4.69, 9.17) is 4.74 Å². The van der Waals surface area contributed by atoms with Crippen molar-refractivity contribution in [2.24, 2.45) is 11.3 Å². The zero-order valence-electron chi connectivity index (χ0n) is 13.7. The molecule has 2 saturated carbocycles. The van der Waals surface area contributed by atoms with Gasteiger partial charge in [0.15, 0.2) is 0 Å². The smallest absolute Gasteiger partial charge is 0.226 e. The van der Waals surface area contributed by atoms with Crippen molar-refractivity contribution in [3.05, 3.63) is 0 Å². The highest BCUT2D eigenvalue weighted by Crippen LogP contribution is 2.59. The zero-order chi connectivity index (χ0) is 15.0. The predicted molar refractivity (Wildman–Crippen MR) is 85.6 cm³/mol. The molecule has 0 aromatic heterocycles. The first-order valence-corrected chi connectivity index (χ1v) is 9.41. The van der Waals surface area contributed by atoms with Gasteiger partial charge in [-0.15, -0.1) is 0 Å². The van der Waals surface area contributed by atoms with Gasteiger partial charge in [0.25, 0.3) is 0 Å². The molecule has 0 bridgehead atoms. The molecule has 2 aliphatic heterocycles. The summed E-state index contributed by atoms with van der Waals surface area (Å²) in [7, 11) is 0. The van der Waals surface area contributed by atoms with Crippen LogP contribution in [0, 0.1) is 11.3 Å². The second-order valence-electron chi connectivity index (χ2n) is 7.93. The molecule has 4 heteroatoms. The van der Waals surface area contributed by atoms with Crippen LogP contribution in [0.2, 0.25) is 0 Å². The van der Waals surface area contributed by atoms with E-state index in [9.17, 15) is 4.79 Å². The van der Waals surface area contributed by atoms with Crippen LogP contribution in [0.3, 0.4) is 0 Å². The quantitative estimate of drug-likeness (QED) is 0.867. The lowest BCUT2D eigenvalue weighted by Gasteiger charge is -2.33. The third-order valence-corrected chi connectivity index (χ3v) is 6.56. The van der Waals surface area contributed by atoms with Gasteiger partial charge in [0, 0.05) is 25.1 Å². The van der Waals surface area contributed by atoms with Gasteiger partial charge in [-0.3, -0.25) is 4.79 Å². The van der Waals surface area contributed by atoms with Crippen molar-refractivity contribution in [1.82, 2.24) is 10.2 Å². The Kier molecular flexibility index (Phi) is 4.16. The van der Waals surface area contributed by atoms with E-state index >= 15 is 0 Å². The number of carbonyl (C=O) groups excluding carboxylic acids is 1. The number of rotatable bonds is 4. The fourth-order valence-electron chi connectivity index (χ4n) is 5.02. The normalized spacial score (nSPS) is 34.2. The van der Waals surface area contributed by atoms with Crippen LogP contribution < -0.4 is 5.32 Å². The molecule has 0 radical (unpaired) electrons. The van der Waals surface area contributed by atoms with E-state index in [0.29, 0.717) is 29.4 Å². The maximum Gasteiger partial charge on any atom is 0.226 e. The second kappa shape index (κ2) is 6.12. The summed E-state index contributed by atoms with van der Waals surface area (Å²) in [5.74, 6) is 0.779. The molecule has 22 heavy (non-hydrogen) atoms. The average molecular weight is 306 g/mol. The minimum absolute atomic E-state index is 0.298. The first-order valence-electron chi connectivity index (χ1n) is 9.41. The minimum Gasteiger partial charge on any atom is -0.376 e. The molecular formula is C18H30N2O2. The van der Waals surface area contributed by atoms with E-state index in [1.165, 1.54) is 38.5 Å². The number of piperidine rings is 1. The number of ether oxygens (including phenoxy) is 1. The van der Waals surface area contributed by atoms with Gasteiger partial charge < -0.3 is 15.0 Å². The Morgan fingerprint density at radius 1 is 1.14 bits per heavy atom. The highest BCUT2D eigenvalue weighted by molar-refractivity contribution is 5.83. The molecular weight excluding hydrogens is 276 g/mol. The summed E-state index contributed by atoms with van der Waals surface area (Å²) in [5, 5.41) is 3.44. The molecule has 2 unspecified atom stereocenters. The maximum atomic E-state index is 13.2. The highest BCUT2D eigenvalue weighted by atomic mass is 16.5. The summed E-state index contributed by atoms with van der Waals surface area (Å²) < 4.78 is 5.83. The third kappa shape index (κ3) is 2.80. The molecule has 1 N–H and O–H groups in total. The number of nitrogens with zero attached hydrogens (tertiary/aromatic N) is 1. The Labute approximate surface area is 134 Å². The standard InChI is InChI=1S/C18H30N2O2/c21-17(16-12-18(16)7-9-19-10-8-18)20(14-4-1-2-5-14)13-15-6-3-11-22-15/h14-16,19H,1-13H2. The van der Waals surface area contributed by atoms with Gasteiger partial charge in [0.1, 0.15) is 0 Å². The van der Waals surface area contributed by atoms with Crippen molar-refractivity contribution in [3.63, 3.8) is 0 Å². The molecule has 124 valence electrons. The van der Waals surface area contributed by atoms with Crippen LogP contribution in [0.5, 0.6) is 0 Å². The average Bonchev–Trinajstić information content (AvgIpc) is 3.00. The molecule has 4 rings (SSSR count). The van der Waals surface area contributed by atoms with Crippen LogP contribution in [0.25, 0.3) is 0 Å². The lowest BCUT2D eigenvalue weighted by molar-refractivity contribution is -0.137.